The van der Waals surface area contributed by atoms with E-state index in [1.54, 1.807) is 6.07 Å². The van der Waals surface area contributed by atoms with Gasteiger partial charge in [0, 0.05) is 0 Å². The second-order valence-corrected chi connectivity index (χ2v) is 6.98. The minimum absolute atomic E-state index is 0.310. The van der Waals surface area contributed by atoms with E-state index in [9.17, 15) is 10.4 Å². The topological polar surface area (TPSA) is 57.2 Å². The van der Waals surface area contributed by atoms with Crippen LogP contribution in [0, 0.1) is 28.6 Å². The maximum Gasteiger partial charge on any atom is 0.183 e. The number of fused-ring (bicyclic) bond motifs is 2. The van der Waals surface area contributed by atoms with E-state index >= 15 is 0 Å². The van der Waals surface area contributed by atoms with Gasteiger partial charge in [0.15, 0.2) is 4.67 Å². The Morgan fingerprint density at radius 3 is 2.72 bits per heavy atom. The number of hydrogen-bond donors (Lipinski definition) is 1. The zero-order valence-electron chi connectivity index (χ0n) is 9.70. The summed E-state index contributed by atoms with van der Waals surface area (Å²) >= 11 is 6.60. The van der Waals surface area contributed by atoms with E-state index < -0.39 is 11.5 Å². The average Bonchev–Trinajstić information content (AvgIpc) is 3.04. The van der Waals surface area contributed by atoms with Crippen LogP contribution in [-0.2, 0) is 0 Å². The molecule has 3 rings (SSSR count). The van der Waals surface area contributed by atoms with Gasteiger partial charge in [0.1, 0.15) is 11.9 Å². The molecular formula is C13H13Br2NO2. The van der Waals surface area contributed by atoms with Crippen molar-refractivity contribution >= 4 is 31.9 Å². The molecule has 96 valence electrons. The third-order valence-electron chi connectivity index (χ3n) is 4.53. The molecule has 2 fully saturated rings. The van der Waals surface area contributed by atoms with Crippen LogP contribution in [0.2, 0.25) is 0 Å². The van der Waals surface area contributed by atoms with Crippen LogP contribution in [0.3, 0.4) is 0 Å². The minimum atomic E-state index is -0.833. The molecule has 2 aliphatic rings. The van der Waals surface area contributed by atoms with Gasteiger partial charge >= 0.3 is 0 Å². The van der Waals surface area contributed by atoms with E-state index in [0.717, 1.165) is 23.7 Å². The van der Waals surface area contributed by atoms with Gasteiger partial charge in [-0.3, -0.25) is 0 Å². The predicted octanol–water partition coefficient (Wildman–Crippen LogP) is 4.17. The molecule has 5 heteroatoms. The molecule has 4 unspecified atom stereocenters. The molecule has 1 aromatic rings. The second-order valence-electron chi connectivity index (χ2n) is 5.41. The molecule has 2 bridgehead atoms. The van der Waals surface area contributed by atoms with Gasteiger partial charge in [-0.15, -0.1) is 0 Å². The van der Waals surface area contributed by atoms with Gasteiger partial charge in [0.2, 0.25) is 0 Å². The van der Waals surface area contributed by atoms with Gasteiger partial charge in [-0.1, -0.05) is 6.42 Å². The van der Waals surface area contributed by atoms with E-state index in [2.05, 4.69) is 37.9 Å². The molecule has 0 saturated heterocycles. The first-order valence-electron chi connectivity index (χ1n) is 6.11. The summed E-state index contributed by atoms with van der Waals surface area (Å²) in [6.07, 6.45) is 3.30. The van der Waals surface area contributed by atoms with Crippen molar-refractivity contribution in [3.63, 3.8) is 0 Å². The first-order valence-corrected chi connectivity index (χ1v) is 7.69. The Bertz CT molecular complexity index is 502. The van der Waals surface area contributed by atoms with Gasteiger partial charge in [0.25, 0.3) is 0 Å². The summed E-state index contributed by atoms with van der Waals surface area (Å²) in [6, 6.07) is 4.15. The van der Waals surface area contributed by atoms with Crippen molar-refractivity contribution in [3.8, 4) is 6.07 Å². The highest BCUT2D eigenvalue weighted by atomic mass is 79.9. The highest BCUT2D eigenvalue weighted by molar-refractivity contribution is 9.13. The monoisotopic (exact) mass is 373 g/mol. The van der Waals surface area contributed by atoms with Crippen LogP contribution in [-0.4, -0.2) is 5.11 Å². The summed E-state index contributed by atoms with van der Waals surface area (Å²) in [6.45, 7) is 0. The number of nitriles is 1. The first kappa shape index (κ1) is 12.7. The van der Waals surface area contributed by atoms with Gasteiger partial charge in [-0.2, -0.15) is 5.26 Å². The molecule has 0 aliphatic heterocycles. The molecule has 0 amide bonds. The lowest BCUT2D eigenvalue weighted by Gasteiger charge is -2.34. The number of furan rings is 1. The van der Waals surface area contributed by atoms with Crippen molar-refractivity contribution in [3.05, 3.63) is 21.0 Å². The summed E-state index contributed by atoms with van der Waals surface area (Å²) < 4.78 is 6.83. The van der Waals surface area contributed by atoms with Crippen molar-refractivity contribution < 1.29 is 9.52 Å². The lowest BCUT2D eigenvalue weighted by molar-refractivity contribution is 0.00751. The zero-order valence-corrected chi connectivity index (χ0v) is 12.9. The van der Waals surface area contributed by atoms with E-state index in [4.69, 9.17) is 4.42 Å². The van der Waals surface area contributed by atoms with Crippen molar-refractivity contribution in [2.75, 3.05) is 0 Å². The molecule has 1 heterocycles. The molecule has 4 atom stereocenters. The molecule has 1 N–H and O–H groups in total. The SMILES string of the molecule is N#CC1(C(O)c2cc(Br)c(Br)o2)CC2CCC1C2. The Morgan fingerprint density at radius 1 is 1.50 bits per heavy atom. The minimum Gasteiger partial charge on any atom is -0.450 e. The Balaban J connectivity index is 1.96. The summed E-state index contributed by atoms with van der Waals surface area (Å²) in [5.74, 6) is 1.39. The molecule has 3 nitrogen and oxygen atoms in total. The van der Waals surface area contributed by atoms with E-state index in [0.29, 0.717) is 22.3 Å². The molecular weight excluding hydrogens is 362 g/mol. The number of aliphatic hydroxyl groups is 1. The van der Waals surface area contributed by atoms with Crippen molar-refractivity contribution in [1.82, 2.24) is 0 Å². The quantitative estimate of drug-likeness (QED) is 0.845. The summed E-state index contributed by atoms with van der Waals surface area (Å²) in [5, 5.41) is 20.1. The fraction of sp³-hybridized carbons (Fsp3) is 0.615. The molecule has 2 aliphatic carbocycles. The van der Waals surface area contributed by atoms with Crippen LogP contribution in [0.4, 0.5) is 0 Å². The second kappa shape index (κ2) is 4.36. The number of rotatable bonds is 2. The van der Waals surface area contributed by atoms with E-state index in [1.165, 1.54) is 6.42 Å². The summed E-state index contributed by atoms with van der Waals surface area (Å²) in [7, 11) is 0. The zero-order chi connectivity index (χ0) is 12.9. The molecule has 1 aromatic heterocycles. The Morgan fingerprint density at radius 2 is 2.28 bits per heavy atom. The van der Waals surface area contributed by atoms with E-state index in [-0.39, 0.29) is 0 Å². The van der Waals surface area contributed by atoms with Gasteiger partial charge < -0.3 is 9.52 Å². The van der Waals surface area contributed by atoms with Crippen molar-refractivity contribution in [2.24, 2.45) is 17.3 Å². The normalized spacial score (nSPS) is 35.7. The molecule has 18 heavy (non-hydrogen) atoms. The highest BCUT2D eigenvalue weighted by Crippen LogP contribution is 2.60. The van der Waals surface area contributed by atoms with Crippen molar-refractivity contribution in [1.29, 1.82) is 5.26 Å². The largest absolute Gasteiger partial charge is 0.450 e. The fourth-order valence-electron chi connectivity index (χ4n) is 3.66. The Labute approximate surface area is 122 Å². The number of aliphatic hydroxyl groups excluding tert-OH is 1. The lowest BCUT2D eigenvalue weighted by Crippen LogP contribution is -2.33. The first-order chi connectivity index (χ1) is 8.56. The van der Waals surface area contributed by atoms with Gasteiger partial charge in [0.05, 0.1) is 16.0 Å². The number of halogens is 2. The Kier molecular flexibility index (Phi) is 3.08. The maximum absolute atomic E-state index is 10.6. The summed E-state index contributed by atoms with van der Waals surface area (Å²) in [5.41, 5.74) is -0.653. The molecule has 0 aromatic carbocycles. The molecule has 0 spiro atoms. The Hall–Kier alpha value is -0.310. The van der Waals surface area contributed by atoms with E-state index in [1.807, 2.05) is 0 Å². The average molecular weight is 375 g/mol. The molecule has 2 saturated carbocycles. The smallest absolute Gasteiger partial charge is 0.183 e. The van der Waals surface area contributed by atoms with Crippen molar-refractivity contribution in [2.45, 2.75) is 31.8 Å². The van der Waals surface area contributed by atoms with Gasteiger partial charge in [-0.05, 0) is 69.0 Å². The van der Waals surface area contributed by atoms with Crippen LogP contribution in [0.15, 0.2) is 19.6 Å². The van der Waals surface area contributed by atoms with Crippen LogP contribution in [0.25, 0.3) is 0 Å². The van der Waals surface area contributed by atoms with Crippen LogP contribution >= 0.6 is 31.9 Å². The van der Waals surface area contributed by atoms with Crippen LogP contribution in [0.5, 0.6) is 0 Å². The highest BCUT2D eigenvalue weighted by Gasteiger charge is 2.56. The van der Waals surface area contributed by atoms with Gasteiger partial charge in [-0.25, -0.2) is 0 Å². The fourth-order valence-corrected chi connectivity index (χ4v) is 4.27. The standard InChI is InChI=1S/C13H13Br2NO2/c14-9-4-10(18-12(9)15)11(17)13(6-16)5-7-1-2-8(13)3-7/h4,7-8,11,17H,1-3,5H2. The van der Waals surface area contributed by atoms with Crippen LogP contribution < -0.4 is 0 Å². The maximum atomic E-state index is 10.6. The summed E-state index contributed by atoms with van der Waals surface area (Å²) in [4.78, 5) is 0. The lowest BCUT2D eigenvalue weighted by atomic mass is 9.69. The third-order valence-corrected chi connectivity index (χ3v) is 6.24. The third kappa shape index (κ3) is 1.70. The predicted molar refractivity (Wildman–Crippen MR) is 72.6 cm³/mol. The number of nitrogens with zero attached hydrogens (tertiary/aromatic N) is 1. The number of hydrogen-bond acceptors (Lipinski definition) is 3. The van der Waals surface area contributed by atoms with Crippen LogP contribution in [0.1, 0.15) is 37.5 Å². The molecule has 0 radical (unpaired) electrons.